The summed E-state index contributed by atoms with van der Waals surface area (Å²) in [5.41, 5.74) is 0.454. The van der Waals surface area contributed by atoms with Gasteiger partial charge in [-0.15, -0.1) is 0 Å². The van der Waals surface area contributed by atoms with Gasteiger partial charge in [0.25, 0.3) is 0 Å². The van der Waals surface area contributed by atoms with Crippen LogP contribution in [0.5, 0.6) is 11.5 Å². The van der Waals surface area contributed by atoms with Gasteiger partial charge >= 0.3 is 0 Å². The molecule has 1 heterocycles. The molecule has 3 rings (SSSR count). The van der Waals surface area contributed by atoms with Gasteiger partial charge in [0.2, 0.25) is 11.2 Å². The minimum absolute atomic E-state index is 0.120. The summed E-state index contributed by atoms with van der Waals surface area (Å²) in [5, 5.41) is 10.9. The zero-order valence-corrected chi connectivity index (χ0v) is 11.8. The molecule has 0 spiro atoms. The van der Waals surface area contributed by atoms with E-state index in [1.165, 1.54) is 13.2 Å². The van der Waals surface area contributed by atoms with Crippen LogP contribution in [0.1, 0.15) is 0 Å². The fourth-order valence-corrected chi connectivity index (χ4v) is 2.21. The molecule has 4 nitrogen and oxygen atoms in total. The standard InChI is InChI=1S/C16H11ClO4/c1-20-11-6-7-13-12(8-11)14(18)15(19)16(21-13)9-2-4-10(17)5-3-9/h2-8,19H,1H3. The monoisotopic (exact) mass is 302 g/mol. The topological polar surface area (TPSA) is 59.7 Å². The molecular formula is C16H11ClO4. The number of rotatable bonds is 2. The summed E-state index contributed by atoms with van der Waals surface area (Å²) in [7, 11) is 1.50. The first-order valence-electron chi connectivity index (χ1n) is 6.20. The van der Waals surface area contributed by atoms with E-state index in [-0.39, 0.29) is 11.1 Å². The number of hydrogen-bond donors (Lipinski definition) is 1. The highest BCUT2D eigenvalue weighted by atomic mass is 35.5. The van der Waals surface area contributed by atoms with Crippen LogP contribution in [-0.2, 0) is 0 Å². The van der Waals surface area contributed by atoms with Crippen LogP contribution in [0.15, 0.2) is 51.7 Å². The molecule has 0 radical (unpaired) electrons. The minimum atomic E-state index is -0.500. The molecule has 0 aliphatic heterocycles. The first kappa shape index (κ1) is 13.5. The van der Waals surface area contributed by atoms with E-state index in [0.717, 1.165) is 0 Å². The third kappa shape index (κ3) is 2.34. The van der Waals surface area contributed by atoms with Crippen LogP contribution in [0, 0.1) is 0 Å². The van der Waals surface area contributed by atoms with Crippen LogP contribution < -0.4 is 10.2 Å². The SMILES string of the molecule is COc1ccc2oc(-c3ccc(Cl)cc3)c(O)c(=O)c2c1. The van der Waals surface area contributed by atoms with Gasteiger partial charge in [-0.2, -0.15) is 0 Å². The van der Waals surface area contributed by atoms with Gasteiger partial charge in [-0.25, -0.2) is 0 Å². The van der Waals surface area contributed by atoms with Crippen molar-refractivity contribution < 1.29 is 14.3 Å². The molecule has 0 aliphatic rings. The van der Waals surface area contributed by atoms with Gasteiger partial charge < -0.3 is 14.3 Å². The highest BCUT2D eigenvalue weighted by molar-refractivity contribution is 6.30. The van der Waals surface area contributed by atoms with Crippen molar-refractivity contribution >= 4 is 22.6 Å². The van der Waals surface area contributed by atoms with Crippen molar-refractivity contribution in [3.63, 3.8) is 0 Å². The third-order valence-electron chi connectivity index (χ3n) is 3.18. The highest BCUT2D eigenvalue weighted by Gasteiger charge is 2.15. The van der Waals surface area contributed by atoms with Crippen molar-refractivity contribution in [3.8, 4) is 22.8 Å². The van der Waals surface area contributed by atoms with Crippen LogP contribution in [0.4, 0.5) is 0 Å². The molecular weight excluding hydrogens is 292 g/mol. The second-order valence-corrected chi connectivity index (χ2v) is 4.91. The average Bonchev–Trinajstić information content (AvgIpc) is 2.51. The van der Waals surface area contributed by atoms with Crippen molar-refractivity contribution in [2.24, 2.45) is 0 Å². The Bertz CT molecular complexity index is 866. The number of ether oxygens (including phenoxy) is 1. The lowest BCUT2D eigenvalue weighted by Gasteiger charge is -2.07. The molecule has 0 saturated carbocycles. The largest absolute Gasteiger partial charge is 0.502 e. The molecule has 2 aromatic carbocycles. The van der Waals surface area contributed by atoms with Gasteiger partial charge in [0.05, 0.1) is 12.5 Å². The number of hydrogen-bond acceptors (Lipinski definition) is 4. The Labute approximate surface area is 125 Å². The zero-order valence-electron chi connectivity index (χ0n) is 11.1. The maximum Gasteiger partial charge on any atom is 0.235 e. The molecule has 0 aliphatic carbocycles. The summed E-state index contributed by atoms with van der Waals surface area (Å²) in [6, 6.07) is 11.5. The van der Waals surface area contributed by atoms with Crippen LogP contribution in [0.25, 0.3) is 22.3 Å². The summed E-state index contributed by atoms with van der Waals surface area (Å²) in [6.07, 6.45) is 0. The van der Waals surface area contributed by atoms with Gasteiger partial charge in [0.15, 0.2) is 5.76 Å². The van der Waals surface area contributed by atoms with Crippen LogP contribution in [-0.4, -0.2) is 12.2 Å². The molecule has 106 valence electrons. The van der Waals surface area contributed by atoms with E-state index in [1.807, 2.05) is 0 Å². The quantitative estimate of drug-likeness (QED) is 0.781. The van der Waals surface area contributed by atoms with Gasteiger partial charge in [-0.1, -0.05) is 11.6 Å². The number of aromatic hydroxyl groups is 1. The summed E-state index contributed by atoms with van der Waals surface area (Å²) < 4.78 is 10.7. The smallest absolute Gasteiger partial charge is 0.235 e. The number of fused-ring (bicyclic) bond motifs is 1. The highest BCUT2D eigenvalue weighted by Crippen LogP contribution is 2.31. The average molecular weight is 303 g/mol. The van der Waals surface area contributed by atoms with E-state index in [9.17, 15) is 9.90 Å². The number of halogens is 1. The van der Waals surface area contributed by atoms with Gasteiger partial charge in [-0.3, -0.25) is 4.79 Å². The molecule has 0 bridgehead atoms. The Hall–Kier alpha value is -2.46. The Balaban J connectivity index is 2.28. The zero-order chi connectivity index (χ0) is 15.0. The predicted molar refractivity (Wildman–Crippen MR) is 81.1 cm³/mol. The van der Waals surface area contributed by atoms with Gasteiger partial charge in [0, 0.05) is 10.6 Å². The summed E-state index contributed by atoms with van der Waals surface area (Å²) in [6.45, 7) is 0. The van der Waals surface area contributed by atoms with Crippen molar-refractivity contribution in [2.75, 3.05) is 7.11 Å². The predicted octanol–water partition coefficient (Wildman–Crippen LogP) is 3.83. The number of methoxy groups -OCH3 is 1. The lowest BCUT2D eigenvalue weighted by Crippen LogP contribution is -2.02. The summed E-state index contributed by atoms with van der Waals surface area (Å²) in [4.78, 5) is 12.3. The molecule has 0 saturated heterocycles. The number of benzene rings is 2. The molecule has 0 unspecified atom stereocenters. The van der Waals surface area contributed by atoms with Crippen molar-refractivity contribution in [3.05, 3.63) is 57.7 Å². The second-order valence-electron chi connectivity index (χ2n) is 4.48. The van der Waals surface area contributed by atoms with E-state index in [4.69, 9.17) is 20.8 Å². The molecule has 1 N–H and O–H groups in total. The molecule has 3 aromatic rings. The molecule has 21 heavy (non-hydrogen) atoms. The van der Waals surface area contributed by atoms with Crippen molar-refractivity contribution in [1.29, 1.82) is 0 Å². The van der Waals surface area contributed by atoms with Crippen molar-refractivity contribution in [2.45, 2.75) is 0 Å². The second kappa shape index (κ2) is 5.14. The van der Waals surface area contributed by atoms with Crippen LogP contribution in [0.3, 0.4) is 0 Å². The Morgan fingerprint density at radius 3 is 2.52 bits per heavy atom. The van der Waals surface area contributed by atoms with Gasteiger partial charge in [-0.05, 0) is 42.5 Å². The van der Waals surface area contributed by atoms with Crippen LogP contribution >= 0.6 is 11.6 Å². The third-order valence-corrected chi connectivity index (χ3v) is 3.43. The molecule has 0 amide bonds. The normalized spacial score (nSPS) is 10.8. The van der Waals surface area contributed by atoms with E-state index in [0.29, 0.717) is 21.9 Å². The maximum absolute atomic E-state index is 12.3. The molecule has 0 atom stereocenters. The first-order valence-corrected chi connectivity index (χ1v) is 6.57. The van der Waals surface area contributed by atoms with E-state index in [1.54, 1.807) is 36.4 Å². The maximum atomic E-state index is 12.3. The van der Waals surface area contributed by atoms with Gasteiger partial charge in [0.1, 0.15) is 11.3 Å². The minimum Gasteiger partial charge on any atom is -0.502 e. The first-order chi connectivity index (χ1) is 10.1. The van der Waals surface area contributed by atoms with E-state index in [2.05, 4.69) is 0 Å². The summed E-state index contributed by atoms with van der Waals surface area (Å²) >= 11 is 5.83. The van der Waals surface area contributed by atoms with E-state index < -0.39 is 11.2 Å². The fraction of sp³-hybridized carbons (Fsp3) is 0.0625. The lowest BCUT2D eigenvalue weighted by molar-refractivity contribution is 0.414. The Morgan fingerprint density at radius 1 is 1.14 bits per heavy atom. The fourth-order valence-electron chi connectivity index (χ4n) is 2.09. The van der Waals surface area contributed by atoms with E-state index >= 15 is 0 Å². The molecule has 0 fully saturated rings. The Kier molecular flexibility index (Phi) is 3.31. The summed E-state index contributed by atoms with van der Waals surface area (Å²) in [5.74, 6) is 0.209. The molecule has 1 aromatic heterocycles. The molecule has 5 heteroatoms. The van der Waals surface area contributed by atoms with Crippen molar-refractivity contribution in [1.82, 2.24) is 0 Å². The lowest BCUT2D eigenvalue weighted by atomic mass is 10.1. The Morgan fingerprint density at radius 2 is 1.86 bits per heavy atom. The van der Waals surface area contributed by atoms with Crippen LogP contribution in [0.2, 0.25) is 5.02 Å².